The van der Waals surface area contributed by atoms with Crippen LogP contribution in [0.15, 0.2) is 18.2 Å². The minimum absolute atomic E-state index is 0.195. The van der Waals surface area contributed by atoms with Crippen LogP contribution in [0.25, 0.3) is 0 Å². The Balaban J connectivity index is 1.71. The van der Waals surface area contributed by atoms with E-state index in [1.54, 1.807) is 0 Å². The van der Waals surface area contributed by atoms with Crippen LogP contribution in [0.5, 0.6) is 0 Å². The molecule has 24 heavy (non-hydrogen) atoms. The molecule has 4 heteroatoms. The van der Waals surface area contributed by atoms with Crippen molar-refractivity contribution < 1.29 is 14.6 Å². The smallest absolute Gasteiger partial charge is 0.169 e. The Kier molecular flexibility index (Phi) is 3.08. The summed E-state index contributed by atoms with van der Waals surface area (Å²) in [4.78, 5) is 2.37. The average Bonchev–Trinajstić information content (AvgIpc) is 3.01. The molecule has 0 amide bonds. The van der Waals surface area contributed by atoms with Crippen LogP contribution in [0, 0.1) is 6.92 Å². The zero-order chi connectivity index (χ0) is 16.6. The van der Waals surface area contributed by atoms with Gasteiger partial charge in [-0.25, -0.2) is 0 Å². The Morgan fingerprint density at radius 1 is 1.17 bits per heavy atom. The van der Waals surface area contributed by atoms with E-state index in [-0.39, 0.29) is 11.5 Å². The van der Waals surface area contributed by atoms with Gasteiger partial charge < -0.3 is 19.5 Å². The zero-order valence-electron chi connectivity index (χ0n) is 14.7. The molecule has 5 rings (SSSR count). The fourth-order valence-electron chi connectivity index (χ4n) is 6.05. The molecule has 1 saturated carbocycles. The highest BCUT2D eigenvalue weighted by atomic mass is 16.7. The van der Waals surface area contributed by atoms with Gasteiger partial charge in [-0.1, -0.05) is 23.8 Å². The summed E-state index contributed by atoms with van der Waals surface area (Å²) in [5.41, 5.74) is 3.11. The van der Waals surface area contributed by atoms with Crippen LogP contribution >= 0.6 is 0 Å². The van der Waals surface area contributed by atoms with Gasteiger partial charge >= 0.3 is 0 Å². The number of likely N-dealkylation sites (tertiary alicyclic amines) is 1. The van der Waals surface area contributed by atoms with E-state index in [9.17, 15) is 5.11 Å². The molecule has 0 aromatic heterocycles. The molecule has 3 fully saturated rings. The first kappa shape index (κ1) is 15.3. The first-order chi connectivity index (χ1) is 11.5. The van der Waals surface area contributed by atoms with E-state index in [4.69, 9.17) is 9.47 Å². The number of hydrogen-bond acceptors (Lipinski definition) is 4. The van der Waals surface area contributed by atoms with Gasteiger partial charge in [-0.2, -0.15) is 0 Å². The highest BCUT2D eigenvalue weighted by Crippen LogP contribution is 2.61. The number of likely N-dealkylation sites (N-methyl/N-ethyl adjacent to an activating group) is 1. The van der Waals surface area contributed by atoms with Gasteiger partial charge in [0.05, 0.1) is 18.8 Å². The minimum atomic E-state index is -0.679. The van der Waals surface area contributed by atoms with E-state index in [1.807, 2.05) is 0 Å². The molecule has 0 radical (unpaired) electrons. The molecule has 2 aliphatic carbocycles. The molecular formula is C20H27NO3. The number of fused-ring (bicyclic) bond motifs is 1. The summed E-state index contributed by atoms with van der Waals surface area (Å²) in [6.07, 6.45) is 4.27. The van der Waals surface area contributed by atoms with Gasteiger partial charge in [0.2, 0.25) is 0 Å². The monoisotopic (exact) mass is 329 g/mol. The third-order valence-corrected chi connectivity index (χ3v) is 7.27. The number of rotatable bonds is 0. The average molecular weight is 329 g/mol. The Hall–Kier alpha value is -0.940. The van der Waals surface area contributed by atoms with Crippen LogP contribution in [-0.2, 0) is 21.3 Å². The lowest BCUT2D eigenvalue weighted by atomic mass is 9.48. The Bertz CT molecular complexity index is 683. The molecule has 1 aromatic carbocycles. The van der Waals surface area contributed by atoms with E-state index in [0.29, 0.717) is 13.2 Å². The number of nitrogens with zero attached hydrogens (tertiary/aromatic N) is 1. The number of aliphatic hydroxyl groups is 1. The first-order valence-corrected chi connectivity index (χ1v) is 9.29. The first-order valence-electron chi connectivity index (χ1n) is 9.29. The van der Waals surface area contributed by atoms with Crippen LogP contribution in [0.4, 0.5) is 0 Å². The fraction of sp³-hybridized carbons (Fsp3) is 0.700. The molecule has 0 unspecified atom stereocenters. The standard InChI is InChI=1S/C20H27NO3/c1-14-3-4-15-12-17-20(22)6-5-19(23-9-10-24-19)13-18(20,16(15)11-14)7-8-21(17)2/h3-4,11,17,22H,5-10,12-13H2,1-2H3/t17-,18-,20-/m1/s1. The molecule has 4 nitrogen and oxygen atoms in total. The van der Waals surface area contributed by atoms with Gasteiger partial charge in [-0.3, -0.25) is 0 Å². The highest BCUT2D eigenvalue weighted by molar-refractivity contribution is 5.47. The second kappa shape index (κ2) is 4.82. The van der Waals surface area contributed by atoms with Gasteiger partial charge in [-0.05, 0) is 50.9 Å². The van der Waals surface area contributed by atoms with E-state index < -0.39 is 11.4 Å². The van der Waals surface area contributed by atoms with Crippen molar-refractivity contribution in [2.75, 3.05) is 26.8 Å². The second-order valence-corrected chi connectivity index (χ2v) is 8.40. The van der Waals surface area contributed by atoms with Crippen molar-refractivity contribution in [3.8, 4) is 0 Å². The van der Waals surface area contributed by atoms with Gasteiger partial charge in [-0.15, -0.1) is 0 Å². The van der Waals surface area contributed by atoms with Gasteiger partial charge in [0, 0.05) is 24.3 Å². The largest absolute Gasteiger partial charge is 0.387 e. The predicted molar refractivity (Wildman–Crippen MR) is 91.0 cm³/mol. The topological polar surface area (TPSA) is 41.9 Å². The van der Waals surface area contributed by atoms with Crippen molar-refractivity contribution in [1.82, 2.24) is 4.90 Å². The van der Waals surface area contributed by atoms with Gasteiger partial charge in [0.1, 0.15) is 0 Å². The van der Waals surface area contributed by atoms with Crippen molar-refractivity contribution in [1.29, 1.82) is 0 Å². The molecule has 2 aliphatic heterocycles. The Morgan fingerprint density at radius 3 is 2.75 bits per heavy atom. The van der Waals surface area contributed by atoms with Crippen molar-refractivity contribution in [2.45, 2.75) is 61.9 Å². The van der Waals surface area contributed by atoms with Crippen molar-refractivity contribution in [3.63, 3.8) is 0 Å². The third-order valence-electron chi connectivity index (χ3n) is 7.27. The van der Waals surface area contributed by atoms with Crippen LogP contribution in [-0.4, -0.2) is 54.2 Å². The lowest BCUT2D eigenvalue weighted by Gasteiger charge is -2.65. The molecule has 2 bridgehead atoms. The molecule has 1 aromatic rings. The summed E-state index contributed by atoms with van der Waals surface area (Å²) in [7, 11) is 2.17. The zero-order valence-corrected chi connectivity index (χ0v) is 14.7. The molecule has 1 N–H and O–H groups in total. The molecule has 1 spiro atoms. The predicted octanol–water partition coefficient (Wildman–Crippen LogP) is 2.15. The summed E-state index contributed by atoms with van der Waals surface area (Å²) in [5.74, 6) is -0.481. The SMILES string of the molecule is Cc1ccc2c(c1)[C@]13CCN(C)[C@H](C2)[C@]1(O)CCC1(C3)OCCO1. The van der Waals surface area contributed by atoms with Crippen molar-refractivity contribution in [2.24, 2.45) is 0 Å². The minimum Gasteiger partial charge on any atom is -0.387 e. The summed E-state index contributed by atoms with van der Waals surface area (Å²) in [6, 6.07) is 6.99. The second-order valence-electron chi connectivity index (χ2n) is 8.40. The molecule has 2 saturated heterocycles. The fourth-order valence-corrected chi connectivity index (χ4v) is 6.05. The molecule has 2 heterocycles. The number of hydrogen-bond donors (Lipinski definition) is 1. The maximum absolute atomic E-state index is 12.0. The number of aryl methyl sites for hydroxylation is 1. The highest BCUT2D eigenvalue weighted by Gasteiger charge is 2.67. The summed E-state index contributed by atoms with van der Waals surface area (Å²) < 4.78 is 12.2. The number of ether oxygens (including phenoxy) is 2. The molecule has 4 aliphatic rings. The Morgan fingerprint density at radius 2 is 1.96 bits per heavy atom. The van der Waals surface area contributed by atoms with Crippen LogP contribution in [0.3, 0.4) is 0 Å². The quantitative estimate of drug-likeness (QED) is 0.792. The van der Waals surface area contributed by atoms with Crippen LogP contribution in [0.2, 0.25) is 0 Å². The van der Waals surface area contributed by atoms with E-state index in [2.05, 4.69) is 37.1 Å². The van der Waals surface area contributed by atoms with Crippen LogP contribution in [0.1, 0.15) is 42.4 Å². The Labute approximate surface area is 143 Å². The molecular weight excluding hydrogens is 302 g/mol. The van der Waals surface area contributed by atoms with E-state index in [0.717, 1.165) is 38.6 Å². The lowest BCUT2D eigenvalue weighted by Crippen LogP contribution is -2.74. The summed E-state index contributed by atoms with van der Waals surface area (Å²) >= 11 is 0. The third kappa shape index (κ3) is 1.78. The van der Waals surface area contributed by atoms with E-state index in [1.165, 1.54) is 16.7 Å². The van der Waals surface area contributed by atoms with Crippen molar-refractivity contribution in [3.05, 3.63) is 34.9 Å². The lowest BCUT2D eigenvalue weighted by molar-refractivity contribution is -0.257. The maximum Gasteiger partial charge on any atom is 0.169 e. The van der Waals surface area contributed by atoms with Crippen molar-refractivity contribution >= 4 is 0 Å². The molecule has 3 atom stereocenters. The molecule has 130 valence electrons. The summed E-state index contributed by atoms with van der Waals surface area (Å²) in [6.45, 7) is 4.53. The van der Waals surface area contributed by atoms with Crippen LogP contribution < -0.4 is 0 Å². The van der Waals surface area contributed by atoms with Gasteiger partial charge in [0.15, 0.2) is 5.79 Å². The van der Waals surface area contributed by atoms with E-state index >= 15 is 0 Å². The van der Waals surface area contributed by atoms with Gasteiger partial charge in [0.25, 0.3) is 0 Å². The maximum atomic E-state index is 12.0. The number of piperidine rings is 1. The number of benzene rings is 1. The summed E-state index contributed by atoms with van der Waals surface area (Å²) in [5, 5.41) is 12.0. The normalized spacial score (nSPS) is 40.4.